The summed E-state index contributed by atoms with van der Waals surface area (Å²) < 4.78 is 21.9. The molecule has 1 aliphatic heterocycles. The summed E-state index contributed by atoms with van der Waals surface area (Å²) in [6.07, 6.45) is 6.55. The Bertz CT molecular complexity index is 1210. The summed E-state index contributed by atoms with van der Waals surface area (Å²) in [5.74, 6) is -0.0232. The van der Waals surface area contributed by atoms with Gasteiger partial charge in [0.1, 0.15) is 11.9 Å². The van der Waals surface area contributed by atoms with E-state index in [1.807, 2.05) is 10.9 Å². The highest BCUT2D eigenvalue weighted by atomic mass is 35.5. The molecule has 4 rings (SSSR count). The van der Waals surface area contributed by atoms with Crippen LogP contribution in [-0.4, -0.2) is 52.3 Å². The number of nitrogens with two attached hydrogens (primary N) is 1. The third-order valence-electron chi connectivity index (χ3n) is 6.18. The normalized spacial score (nSPS) is 15.7. The van der Waals surface area contributed by atoms with Crippen molar-refractivity contribution in [3.63, 3.8) is 0 Å². The number of nitrogen functional groups attached to an aromatic ring is 1. The summed E-state index contributed by atoms with van der Waals surface area (Å²) in [5.41, 5.74) is 8.04. The van der Waals surface area contributed by atoms with Crippen molar-refractivity contribution in [2.24, 2.45) is 0 Å². The maximum absolute atomic E-state index is 14.0. The van der Waals surface area contributed by atoms with Gasteiger partial charge in [-0.2, -0.15) is 5.10 Å². The van der Waals surface area contributed by atoms with E-state index < -0.39 is 11.9 Å². The van der Waals surface area contributed by atoms with Crippen molar-refractivity contribution in [3.05, 3.63) is 58.2 Å². The zero-order valence-corrected chi connectivity index (χ0v) is 21.0. The first-order valence-corrected chi connectivity index (χ1v) is 12.1. The highest BCUT2D eigenvalue weighted by molar-refractivity contribution is 6.36. The number of pyridine rings is 1. The van der Waals surface area contributed by atoms with E-state index >= 15 is 0 Å². The topological polar surface area (TPSA) is 98.3 Å². The molecule has 35 heavy (non-hydrogen) atoms. The summed E-state index contributed by atoms with van der Waals surface area (Å²) in [6.45, 7) is 3.79. The number of likely N-dealkylation sites (N-methyl/N-ethyl adjacent to an activating group) is 1. The monoisotopic (exact) mass is 520 g/mol. The lowest BCUT2D eigenvalue weighted by atomic mass is 10.1. The molecule has 1 unspecified atom stereocenters. The standard InChI is InChI=1S/C24H27Cl2FN6O2/c1-14(22-18(25)3-4-19(27)23(22)26)35-20-9-15(10-30-24(20)28)16-11-31-33(12-16)17-5-7-32(8-6-17)13-21(34)29-2/h3-4,9-12,14,17H,5-8,13H2,1-2H3,(H2,28,30)(H,29,34). The van der Waals surface area contributed by atoms with Crippen LogP contribution in [0.5, 0.6) is 5.75 Å². The summed E-state index contributed by atoms with van der Waals surface area (Å²) in [7, 11) is 1.65. The van der Waals surface area contributed by atoms with Gasteiger partial charge in [0, 0.05) is 54.2 Å². The molecule has 0 spiro atoms. The molecule has 3 N–H and O–H groups in total. The zero-order chi connectivity index (χ0) is 25.1. The number of nitrogens with one attached hydrogen (secondary N) is 1. The van der Waals surface area contributed by atoms with E-state index in [1.54, 1.807) is 32.4 Å². The van der Waals surface area contributed by atoms with Gasteiger partial charge < -0.3 is 15.8 Å². The van der Waals surface area contributed by atoms with Gasteiger partial charge in [-0.3, -0.25) is 14.4 Å². The van der Waals surface area contributed by atoms with Crippen molar-refractivity contribution >= 4 is 34.9 Å². The van der Waals surface area contributed by atoms with Crippen molar-refractivity contribution < 1.29 is 13.9 Å². The Labute approximate surface area is 213 Å². The van der Waals surface area contributed by atoms with Crippen LogP contribution in [0.2, 0.25) is 10.0 Å². The number of carbonyl (C=O) groups is 1. The van der Waals surface area contributed by atoms with E-state index in [9.17, 15) is 9.18 Å². The van der Waals surface area contributed by atoms with Crippen molar-refractivity contribution in [2.75, 3.05) is 32.4 Å². The highest BCUT2D eigenvalue weighted by Gasteiger charge is 2.23. The Kier molecular flexibility index (Phi) is 7.78. The van der Waals surface area contributed by atoms with E-state index in [0.29, 0.717) is 22.9 Å². The Morgan fingerprint density at radius 3 is 2.74 bits per heavy atom. The maximum Gasteiger partial charge on any atom is 0.233 e. The molecule has 0 bridgehead atoms. The number of benzene rings is 1. The molecule has 11 heteroatoms. The first-order valence-electron chi connectivity index (χ1n) is 11.3. The number of nitrogens with zero attached hydrogens (tertiary/aromatic N) is 4. The van der Waals surface area contributed by atoms with Crippen molar-refractivity contribution in [3.8, 4) is 16.9 Å². The summed E-state index contributed by atoms with van der Waals surface area (Å²) in [5, 5.41) is 7.43. The fourth-order valence-electron chi connectivity index (χ4n) is 4.18. The number of likely N-dealkylation sites (tertiary alicyclic amines) is 1. The van der Waals surface area contributed by atoms with Crippen LogP contribution < -0.4 is 15.8 Å². The van der Waals surface area contributed by atoms with Gasteiger partial charge in [0.15, 0.2) is 11.6 Å². The van der Waals surface area contributed by atoms with Crippen molar-refractivity contribution in [1.82, 2.24) is 25.0 Å². The first kappa shape index (κ1) is 25.2. The molecule has 0 saturated carbocycles. The quantitative estimate of drug-likeness (QED) is 0.445. The second-order valence-electron chi connectivity index (χ2n) is 8.51. The van der Waals surface area contributed by atoms with Crippen molar-refractivity contribution in [2.45, 2.75) is 31.9 Å². The number of hydrogen-bond acceptors (Lipinski definition) is 6. The average molecular weight is 521 g/mol. The molecule has 0 aliphatic carbocycles. The summed E-state index contributed by atoms with van der Waals surface area (Å²) >= 11 is 12.4. The Morgan fingerprint density at radius 1 is 1.29 bits per heavy atom. The minimum Gasteiger partial charge on any atom is -0.482 e. The number of carbonyl (C=O) groups excluding carboxylic acids is 1. The summed E-state index contributed by atoms with van der Waals surface area (Å²) in [4.78, 5) is 18.0. The lowest BCUT2D eigenvalue weighted by Crippen LogP contribution is -2.41. The molecule has 3 heterocycles. The van der Waals surface area contributed by atoms with Crippen molar-refractivity contribution in [1.29, 1.82) is 0 Å². The molecular formula is C24H27Cl2FN6O2. The van der Waals surface area contributed by atoms with Crippen LogP contribution in [0.4, 0.5) is 10.2 Å². The Morgan fingerprint density at radius 2 is 2.03 bits per heavy atom. The highest BCUT2D eigenvalue weighted by Crippen LogP contribution is 2.37. The predicted molar refractivity (Wildman–Crippen MR) is 134 cm³/mol. The van der Waals surface area contributed by atoms with Gasteiger partial charge in [0.25, 0.3) is 0 Å². The second-order valence-corrected chi connectivity index (χ2v) is 9.30. The van der Waals surface area contributed by atoms with Gasteiger partial charge >= 0.3 is 0 Å². The molecule has 0 radical (unpaired) electrons. The molecular weight excluding hydrogens is 494 g/mol. The second kappa shape index (κ2) is 10.8. The average Bonchev–Trinajstić information content (AvgIpc) is 3.34. The largest absolute Gasteiger partial charge is 0.482 e. The van der Waals surface area contributed by atoms with Crippen LogP contribution >= 0.6 is 23.2 Å². The third-order valence-corrected chi connectivity index (χ3v) is 6.90. The van der Waals surface area contributed by atoms with Crippen LogP contribution in [0.15, 0.2) is 36.8 Å². The molecule has 2 aromatic heterocycles. The predicted octanol–water partition coefficient (Wildman–Crippen LogP) is 4.50. The smallest absolute Gasteiger partial charge is 0.233 e. The third kappa shape index (κ3) is 5.69. The molecule has 3 aromatic rings. The van der Waals surface area contributed by atoms with Gasteiger partial charge in [-0.1, -0.05) is 23.2 Å². The van der Waals surface area contributed by atoms with E-state index in [1.165, 1.54) is 12.1 Å². The fraction of sp³-hybridized carbons (Fsp3) is 0.375. The lowest BCUT2D eigenvalue weighted by Gasteiger charge is -2.31. The molecule has 186 valence electrons. The van der Waals surface area contributed by atoms with Crippen LogP contribution in [-0.2, 0) is 4.79 Å². The van der Waals surface area contributed by atoms with E-state index in [-0.39, 0.29) is 22.8 Å². The van der Waals surface area contributed by atoms with Gasteiger partial charge in [-0.15, -0.1) is 0 Å². The molecule has 1 aromatic carbocycles. The van der Waals surface area contributed by atoms with Crippen LogP contribution in [0.1, 0.15) is 37.5 Å². The van der Waals surface area contributed by atoms with Crippen LogP contribution in [0, 0.1) is 5.82 Å². The zero-order valence-electron chi connectivity index (χ0n) is 19.5. The number of anilines is 1. The molecule has 1 aliphatic rings. The number of aromatic nitrogens is 3. The van der Waals surface area contributed by atoms with Crippen LogP contribution in [0.3, 0.4) is 0 Å². The number of halogens is 3. The number of hydrogen-bond donors (Lipinski definition) is 2. The SMILES string of the molecule is CNC(=O)CN1CCC(n2cc(-c3cnc(N)c(OC(C)c4c(Cl)ccc(F)c4Cl)c3)cn2)CC1. The minimum atomic E-state index is -0.659. The maximum atomic E-state index is 14.0. The Hall–Kier alpha value is -2.88. The molecule has 1 atom stereocenters. The van der Waals surface area contributed by atoms with Crippen LogP contribution in [0.25, 0.3) is 11.1 Å². The molecule has 1 saturated heterocycles. The van der Waals surface area contributed by atoms with E-state index in [0.717, 1.165) is 37.1 Å². The molecule has 8 nitrogen and oxygen atoms in total. The van der Waals surface area contributed by atoms with Gasteiger partial charge in [-0.05, 0) is 38.0 Å². The lowest BCUT2D eigenvalue weighted by molar-refractivity contribution is -0.122. The molecule has 1 fully saturated rings. The number of ether oxygens (including phenoxy) is 1. The summed E-state index contributed by atoms with van der Waals surface area (Å²) in [6, 6.07) is 4.67. The first-order chi connectivity index (χ1) is 16.8. The van der Waals surface area contributed by atoms with E-state index in [2.05, 4.69) is 20.3 Å². The van der Waals surface area contributed by atoms with Gasteiger partial charge in [-0.25, -0.2) is 9.37 Å². The fourth-order valence-corrected chi connectivity index (χ4v) is 4.86. The van der Waals surface area contributed by atoms with E-state index in [4.69, 9.17) is 33.7 Å². The van der Waals surface area contributed by atoms with Gasteiger partial charge in [0.2, 0.25) is 5.91 Å². The minimum absolute atomic E-state index is 0.0231. The van der Waals surface area contributed by atoms with Gasteiger partial charge in [0.05, 0.1) is 23.8 Å². The number of piperidine rings is 1. The number of rotatable bonds is 7. The number of amides is 1. The molecule has 1 amide bonds. The Balaban J connectivity index is 1.47.